The van der Waals surface area contributed by atoms with E-state index in [0.29, 0.717) is 5.69 Å². The molecule has 0 saturated carbocycles. The second kappa shape index (κ2) is 4.36. The van der Waals surface area contributed by atoms with E-state index >= 15 is 0 Å². The van der Waals surface area contributed by atoms with Crippen molar-refractivity contribution in [2.24, 2.45) is 0 Å². The van der Waals surface area contributed by atoms with Crippen LogP contribution in [0.15, 0.2) is 18.7 Å². The zero-order chi connectivity index (χ0) is 10.6. The maximum atomic E-state index is 10.6. The molecule has 0 aromatic carbocycles. The molecule has 1 aromatic heterocycles. The summed E-state index contributed by atoms with van der Waals surface area (Å²) < 4.78 is 5.02. The molecule has 0 fully saturated rings. The number of hydrogen-bond acceptors (Lipinski definition) is 4. The second-order valence-electron chi connectivity index (χ2n) is 2.58. The fourth-order valence-electron chi connectivity index (χ4n) is 0.849. The van der Waals surface area contributed by atoms with E-state index in [1.165, 1.54) is 12.1 Å². The molecule has 5 heteroatoms. The van der Waals surface area contributed by atoms with Gasteiger partial charge in [0.25, 0.3) is 0 Å². The highest BCUT2D eigenvalue weighted by atomic mass is 16.5. The van der Waals surface area contributed by atoms with Crippen molar-refractivity contribution in [3.8, 4) is 6.01 Å². The van der Waals surface area contributed by atoms with Crippen LogP contribution in [0.3, 0.4) is 0 Å². The third-order valence-electron chi connectivity index (χ3n) is 1.38. The van der Waals surface area contributed by atoms with Crippen LogP contribution in [0.5, 0.6) is 6.01 Å². The fraction of sp³-hybridized carbons (Fsp3) is 0.222. The van der Waals surface area contributed by atoms with Crippen LogP contribution in [-0.4, -0.2) is 27.7 Å². The zero-order valence-corrected chi connectivity index (χ0v) is 7.73. The van der Waals surface area contributed by atoms with Gasteiger partial charge in [-0.2, -0.15) is 4.98 Å². The first kappa shape index (κ1) is 10.2. The quantitative estimate of drug-likeness (QED) is 0.725. The number of carboxylic acids is 1. The summed E-state index contributed by atoms with van der Waals surface area (Å²) in [4.78, 5) is 18.2. The molecule has 0 amide bonds. The number of aromatic carboxylic acids is 1. The van der Waals surface area contributed by atoms with Crippen molar-refractivity contribution in [1.29, 1.82) is 0 Å². The molecule has 0 bridgehead atoms. The molecule has 0 saturated heterocycles. The van der Waals surface area contributed by atoms with E-state index < -0.39 is 5.97 Å². The Morgan fingerprint density at radius 1 is 1.71 bits per heavy atom. The number of carbonyl (C=O) groups is 1. The van der Waals surface area contributed by atoms with Gasteiger partial charge in [0.1, 0.15) is 6.61 Å². The van der Waals surface area contributed by atoms with Crippen LogP contribution in [-0.2, 0) is 0 Å². The largest absolute Gasteiger partial charge is 0.477 e. The van der Waals surface area contributed by atoms with Crippen LogP contribution < -0.4 is 4.74 Å². The Morgan fingerprint density at radius 3 is 3.00 bits per heavy atom. The SMILES string of the molecule is C=CCOc1nc(C)cc(C(=O)O)n1. The topological polar surface area (TPSA) is 72.3 Å². The molecule has 0 radical (unpaired) electrons. The summed E-state index contributed by atoms with van der Waals surface area (Å²) in [5, 5.41) is 8.69. The fourth-order valence-corrected chi connectivity index (χ4v) is 0.849. The molecule has 74 valence electrons. The standard InChI is InChI=1S/C9H10N2O3/c1-3-4-14-9-10-6(2)5-7(11-9)8(12)13/h3,5H,1,4H2,2H3,(H,12,13). The van der Waals surface area contributed by atoms with E-state index in [-0.39, 0.29) is 18.3 Å². The number of carboxylic acid groups (broad SMARTS) is 1. The van der Waals surface area contributed by atoms with Crippen molar-refractivity contribution in [3.05, 3.63) is 30.1 Å². The predicted octanol–water partition coefficient (Wildman–Crippen LogP) is 1.05. The minimum atomic E-state index is -1.10. The first-order valence-electron chi connectivity index (χ1n) is 3.96. The lowest BCUT2D eigenvalue weighted by Gasteiger charge is -2.02. The van der Waals surface area contributed by atoms with Crippen molar-refractivity contribution in [2.45, 2.75) is 6.92 Å². The molecule has 0 atom stereocenters. The molecule has 0 aliphatic heterocycles. The Bertz CT molecular complexity index is 363. The minimum Gasteiger partial charge on any atom is -0.477 e. The summed E-state index contributed by atoms with van der Waals surface area (Å²) in [5.74, 6) is -1.10. The molecule has 5 nitrogen and oxygen atoms in total. The molecule has 0 aliphatic carbocycles. The maximum absolute atomic E-state index is 10.6. The molecule has 1 aromatic rings. The van der Waals surface area contributed by atoms with Crippen LogP contribution in [0, 0.1) is 6.92 Å². The Morgan fingerprint density at radius 2 is 2.43 bits per heavy atom. The summed E-state index contributed by atoms with van der Waals surface area (Å²) in [6.07, 6.45) is 1.53. The van der Waals surface area contributed by atoms with Gasteiger partial charge in [0.2, 0.25) is 0 Å². The Balaban J connectivity index is 2.94. The average molecular weight is 194 g/mol. The summed E-state index contributed by atoms with van der Waals surface area (Å²) >= 11 is 0. The molecule has 1 rings (SSSR count). The van der Waals surface area contributed by atoms with Crippen molar-refractivity contribution < 1.29 is 14.6 Å². The van der Waals surface area contributed by atoms with Gasteiger partial charge in [-0.3, -0.25) is 0 Å². The zero-order valence-electron chi connectivity index (χ0n) is 7.73. The monoisotopic (exact) mass is 194 g/mol. The normalized spacial score (nSPS) is 9.50. The number of aryl methyl sites for hydroxylation is 1. The van der Waals surface area contributed by atoms with Gasteiger partial charge in [-0.25, -0.2) is 9.78 Å². The summed E-state index contributed by atoms with van der Waals surface area (Å²) in [6, 6.07) is 1.44. The van der Waals surface area contributed by atoms with Gasteiger partial charge < -0.3 is 9.84 Å². The van der Waals surface area contributed by atoms with Gasteiger partial charge >= 0.3 is 12.0 Å². The smallest absolute Gasteiger partial charge is 0.354 e. The molecule has 1 N–H and O–H groups in total. The molecule has 0 spiro atoms. The van der Waals surface area contributed by atoms with Gasteiger partial charge in [0.15, 0.2) is 5.69 Å². The lowest BCUT2D eigenvalue weighted by Crippen LogP contribution is -2.06. The highest BCUT2D eigenvalue weighted by Gasteiger charge is 2.08. The highest BCUT2D eigenvalue weighted by Crippen LogP contribution is 2.06. The van der Waals surface area contributed by atoms with E-state index in [4.69, 9.17) is 9.84 Å². The van der Waals surface area contributed by atoms with E-state index in [0.717, 1.165) is 0 Å². The predicted molar refractivity (Wildman–Crippen MR) is 49.4 cm³/mol. The van der Waals surface area contributed by atoms with Crippen molar-refractivity contribution in [2.75, 3.05) is 6.61 Å². The third-order valence-corrected chi connectivity index (χ3v) is 1.38. The van der Waals surface area contributed by atoms with Crippen LogP contribution in [0.1, 0.15) is 16.2 Å². The van der Waals surface area contributed by atoms with Crippen LogP contribution in [0.25, 0.3) is 0 Å². The molecular weight excluding hydrogens is 184 g/mol. The van der Waals surface area contributed by atoms with Gasteiger partial charge in [0, 0.05) is 5.69 Å². The lowest BCUT2D eigenvalue weighted by atomic mass is 10.3. The van der Waals surface area contributed by atoms with Crippen molar-refractivity contribution in [3.63, 3.8) is 0 Å². The number of aromatic nitrogens is 2. The number of nitrogens with zero attached hydrogens (tertiary/aromatic N) is 2. The molecule has 1 heterocycles. The second-order valence-corrected chi connectivity index (χ2v) is 2.58. The minimum absolute atomic E-state index is 0.0577. The number of ether oxygens (including phenoxy) is 1. The van der Waals surface area contributed by atoms with Gasteiger partial charge in [-0.15, -0.1) is 0 Å². The van der Waals surface area contributed by atoms with Gasteiger partial charge in [0.05, 0.1) is 0 Å². The summed E-state index contributed by atoms with van der Waals surface area (Å²) in [5.41, 5.74) is 0.480. The summed E-state index contributed by atoms with van der Waals surface area (Å²) in [6.45, 7) is 5.39. The van der Waals surface area contributed by atoms with Crippen LogP contribution in [0.4, 0.5) is 0 Å². The third kappa shape index (κ3) is 2.55. The van der Waals surface area contributed by atoms with E-state index in [2.05, 4.69) is 16.5 Å². The van der Waals surface area contributed by atoms with Crippen molar-refractivity contribution in [1.82, 2.24) is 9.97 Å². The van der Waals surface area contributed by atoms with E-state index in [9.17, 15) is 4.79 Å². The number of hydrogen-bond donors (Lipinski definition) is 1. The first-order valence-corrected chi connectivity index (χ1v) is 3.96. The summed E-state index contributed by atoms with van der Waals surface area (Å²) in [7, 11) is 0. The Kier molecular flexibility index (Phi) is 3.17. The Hall–Kier alpha value is -1.91. The molecule has 14 heavy (non-hydrogen) atoms. The van der Waals surface area contributed by atoms with Gasteiger partial charge in [-0.1, -0.05) is 12.7 Å². The maximum Gasteiger partial charge on any atom is 0.354 e. The van der Waals surface area contributed by atoms with Crippen LogP contribution >= 0.6 is 0 Å². The van der Waals surface area contributed by atoms with Crippen LogP contribution in [0.2, 0.25) is 0 Å². The molecule has 0 aliphatic rings. The average Bonchev–Trinajstić information content (AvgIpc) is 2.14. The molecule has 0 unspecified atom stereocenters. The van der Waals surface area contributed by atoms with E-state index in [1.54, 1.807) is 6.92 Å². The van der Waals surface area contributed by atoms with Crippen molar-refractivity contribution >= 4 is 5.97 Å². The highest BCUT2D eigenvalue weighted by molar-refractivity contribution is 5.85. The Labute approximate surface area is 81.1 Å². The van der Waals surface area contributed by atoms with Gasteiger partial charge in [-0.05, 0) is 13.0 Å². The molecular formula is C9H10N2O3. The van der Waals surface area contributed by atoms with E-state index in [1.807, 2.05) is 0 Å². The number of rotatable bonds is 4. The first-order chi connectivity index (χ1) is 6.63. The lowest BCUT2D eigenvalue weighted by molar-refractivity contribution is 0.0688.